The van der Waals surface area contributed by atoms with Crippen molar-refractivity contribution in [3.8, 4) is 5.75 Å². The van der Waals surface area contributed by atoms with Gasteiger partial charge in [0.25, 0.3) is 5.91 Å². The van der Waals surface area contributed by atoms with Gasteiger partial charge in [0.15, 0.2) is 6.61 Å². The topological polar surface area (TPSA) is 105 Å². The van der Waals surface area contributed by atoms with Crippen molar-refractivity contribution in [1.29, 1.82) is 0 Å². The van der Waals surface area contributed by atoms with Crippen molar-refractivity contribution < 1.29 is 19.1 Å². The molecule has 1 amide bonds. The molecule has 0 aromatic heterocycles. The number of nitrogens with two attached hydrogens (primary N) is 2. The number of anilines is 1. The molecule has 0 bridgehead atoms. The summed E-state index contributed by atoms with van der Waals surface area (Å²) in [6, 6.07) is 4.47. The van der Waals surface area contributed by atoms with Gasteiger partial charge >= 0.3 is 5.97 Å². The molecule has 6 nitrogen and oxygen atoms in total. The predicted molar refractivity (Wildman–Crippen MR) is 66.1 cm³/mol. The van der Waals surface area contributed by atoms with Gasteiger partial charge in [0.2, 0.25) is 0 Å². The summed E-state index contributed by atoms with van der Waals surface area (Å²) in [6.07, 6.45) is 0.742. The average Bonchev–Trinajstić information content (AvgIpc) is 2.34. The molecule has 0 aliphatic rings. The predicted octanol–water partition coefficient (Wildman–Crippen LogP) is 0.700. The zero-order valence-electron chi connectivity index (χ0n) is 10.1. The van der Waals surface area contributed by atoms with Crippen LogP contribution in [0, 0.1) is 0 Å². The summed E-state index contributed by atoms with van der Waals surface area (Å²) in [7, 11) is 0. The van der Waals surface area contributed by atoms with E-state index in [1.807, 2.05) is 6.92 Å². The maximum atomic E-state index is 11.6. The third-order valence-electron chi connectivity index (χ3n) is 2.06. The van der Waals surface area contributed by atoms with Gasteiger partial charge in [-0.15, -0.1) is 0 Å². The summed E-state index contributed by atoms with van der Waals surface area (Å²) in [5, 5.41) is 0. The molecule has 1 rings (SSSR count). The summed E-state index contributed by atoms with van der Waals surface area (Å²) in [4.78, 5) is 22.2. The fourth-order valence-corrected chi connectivity index (χ4v) is 1.21. The maximum Gasteiger partial charge on any atom is 0.338 e. The second-order valence-electron chi connectivity index (χ2n) is 3.64. The van der Waals surface area contributed by atoms with E-state index in [1.165, 1.54) is 18.2 Å². The fourth-order valence-electron chi connectivity index (χ4n) is 1.21. The van der Waals surface area contributed by atoms with Crippen molar-refractivity contribution in [2.45, 2.75) is 13.3 Å². The molecule has 0 radical (unpaired) electrons. The Hall–Kier alpha value is -2.24. The molecule has 98 valence electrons. The molecule has 18 heavy (non-hydrogen) atoms. The van der Waals surface area contributed by atoms with E-state index in [0.717, 1.165) is 6.42 Å². The molecule has 0 unspecified atom stereocenters. The molecule has 0 atom stereocenters. The Kier molecular flexibility index (Phi) is 4.98. The third kappa shape index (κ3) is 3.97. The SMILES string of the molecule is CCCOC(=O)c1ccc(N)c(OCC(N)=O)c1. The summed E-state index contributed by atoms with van der Waals surface area (Å²) >= 11 is 0. The number of primary amides is 1. The number of nitrogen functional groups attached to an aromatic ring is 1. The summed E-state index contributed by atoms with van der Waals surface area (Å²) in [5.74, 6) is -0.839. The first-order valence-corrected chi connectivity index (χ1v) is 5.52. The van der Waals surface area contributed by atoms with E-state index >= 15 is 0 Å². The first kappa shape index (κ1) is 13.8. The molecule has 0 saturated heterocycles. The van der Waals surface area contributed by atoms with Crippen LogP contribution in [0.25, 0.3) is 0 Å². The van der Waals surface area contributed by atoms with Crippen molar-refractivity contribution in [3.05, 3.63) is 23.8 Å². The summed E-state index contributed by atoms with van der Waals surface area (Å²) < 4.78 is 10.1. The molecule has 0 spiro atoms. The van der Waals surface area contributed by atoms with E-state index in [9.17, 15) is 9.59 Å². The first-order chi connectivity index (χ1) is 8.54. The summed E-state index contributed by atoms with van der Waals surface area (Å²) in [6.45, 7) is 1.95. The van der Waals surface area contributed by atoms with E-state index in [1.54, 1.807) is 0 Å². The number of ether oxygens (including phenoxy) is 2. The quantitative estimate of drug-likeness (QED) is 0.572. The zero-order chi connectivity index (χ0) is 13.5. The Morgan fingerprint density at radius 1 is 1.33 bits per heavy atom. The van der Waals surface area contributed by atoms with Crippen LogP contribution in [0.5, 0.6) is 5.75 Å². The minimum atomic E-state index is -0.617. The van der Waals surface area contributed by atoms with Crippen molar-refractivity contribution >= 4 is 17.6 Å². The molecule has 0 saturated carbocycles. The minimum absolute atomic E-state index is 0.236. The highest BCUT2D eigenvalue weighted by molar-refractivity contribution is 5.90. The van der Waals surface area contributed by atoms with Gasteiger partial charge in [-0.2, -0.15) is 0 Å². The Morgan fingerprint density at radius 2 is 2.06 bits per heavy atom. The molecule has 6 heteroatoms. The Balaban J connectivity index is 2.79. The van der Waals surface area contributed by atoms with Gasteiger partial charge in [-0.05, 0) is 24.6 Å². The molecule has 1 aromatic carbocycles. The van der Waals surface area contributed by atoms with Crippen LogP contribution >= 0.6 is 0 Å². The lowest BCUT2D eigenvalue weighted by atomic mass is 10.2. The van der Waals surface area contributed by atoms with Crippen LogP contribution in [0.3, 0.4) is 0 Å². The lowest BCUT2D eigenvalue weighted by Crippen LogP contribution is -2.20. The number of hydrogen-bond donors (Lipinski definition) is 2. The van der Waals surface area contributed by atoms with E-state index in [0.29, 0.717) is 17.9 Å². The van der Waals surface area contributed by atoms with E-state index in [4.69, 9.17) is 20.9 Å². The molecule has 0 fully saturated rings. The smallest absolute Gasteiger partial charge is 0.338 e. The Bertz CT molecular complexity index is 446. The van der Waals surface area contributed by atoms with E-state index < -0.39 is 11.9 Å². The van der Waals surface area contributed by atoms with Gasteiger partial charge in [-0.1, -0.05) is 6.92 Å². The molecule has 0 heterocycles. The molecule has 0 aliphatic heterocycles. The molecule has 4 N–H and O–H groups in total. The van der Waals surface area contributed by atoms with E-state index in [-0.39, 0.29) is 12.4 Å². The fraction of sp³-hybridized carbons (Fsp3) is 0.333. The Labute approximate surface area is 105 Å². The molecule has 1 aromatic rings. The number of benzene rings is 1. The second-order valence-corrected chi connectivity index (χ2v) is 3.64. The monoisotopic (exact) mass is 252 g/mol. The van der Waals surface area contributed by atoms with Gasteiger partial charge < -0.3 is 20.9 Å². The van der Waals surface area contributed by atoms with Gasteiger partial charge in [0.05, 0.1) is 17.9 Å². The highest BCUT2D eigenvalue weighted by atomic mass is 16.5. The number of esters is 1. The van der Waals surface area contributed by atoms with Crippen LogP contribution in [0.4, 0.5) is 5.69 Å². The van der Waals surface area contributed by atoms with Gasteiger partial charge in [-0.25, -0.2) is 4.79 Å². The van der Waals surface area contributed by atoms with Crippen LogP contribution in [0.2, 0.25) is 0 Å². The number of hydrogen-bond acceptors (Lipinski definition) is 5. The molecular formula is C12H16N2O4. The van der Waals surface area contributed by atoms with Crippen molar-refractivity contribution in [3.63, 3.8) is 0 Å². The van der Waals surface area contributed by atoms with Gasteiger partial charge in [0.1, 0.15) is 5.75 Å². The van der Waals surface area contributed by atoms with Crippen LogP contribution in [0.1, 0.15) is 23.7 Å². The lowest BCUT2D eigenvalue weighted by molar-refractivity contribution is -0.119. The highest BCUT2D eigenvalue weighted by Crippen LogP contribution is 2.23. The minimum Gasteiger partial charge on any atom is -0.482 e. The normalized spacial score (nSPS) is 9.83. The second kappa shape index (κ2) is 6.48. The number of carbonyl (C=O) groups is 2. The number of carbonyl (C=O) groups excluding carboxylic acids is 2. The highest BCUT2D eigenvalue weighted by Gasteiger charge is 2.10. The number of rotatable bonds is 6. The number of amides is 1. The maximum absolute atomic E-state index is 11.6. The summed E-state index contributed by atoms with van der Waals surface area (Å²) in [5.41, 5.74) is 11.2. The Morgan fingerprint density at radius 3 is 2.67 bits per heavy atom. The van der Waals surface area contributed by atoms with Crippen LogP contribution in [-0.2, 0) is 9.53 Å². The van der Waals surface area contributed by atoms with Crippen molar-refractivity contribution in [2.75, 3.05) is 18.9 Å². The molecular weight excluding hydrogens is 236 g/mol. The largest absolute Gasteiger partial charge is 0.482 e. The van der Waals surface area contributed by atoms with Crippen LogP contribution < -0.4 is 16.2 Å². The van der Waals surface area contributed by atoms with Gasteiger partial charge in [-0.3, -0.25) is 4.79 Å². The van der Waals surface area contributed by atoms with Crippen molar-refractivity contribution in [1.82, 2.24) is 0 Å². The lowest BCUT2D eigenvalue weighted by Gasteiger charge is -2.09. The van der Waals surface area contributed by atoms with Crippen molar-refractivity contribution in [2.24, 2.45) is 5.73 Å². The zero-order valence-corrected chi connectivity index (χ0v) is 10.1. The third-order valence-corrected chi connectivity index (χ3v) is 2.06. The van der Waals surface area contributed by atoms with Crippen LogP contribution in [-0.4, -0.2) is 25.1 Å². The first-order valence-electron chi connectivity index (χ1n) is 5.52. The van der Waals surface area contributed by atoms with Crippen LogP contribution in [0.15, 0.2) is 18.2 Å². The van der Waals surface area contributed by atoms with E-state index in [2.05, 4.69) is 0 Å². The molecule has 0 aliphatic carbocycles. The average molecular weight is 252 g/mol. The van der Waals surface area contributed by atoms with Gasteiger partial charge in [0, 0.05) is 0 Å². The standard InChI is InChI=1S/C12H16N2O4/c1-2-5-17-12(16)8-3-4-9(13)10(6-8)18-7-11(14)15/h3-4,6H,2,5,7,13H2,1H3,(H2,14,15).